The van der Waals surface area contributed by atoms with Crippen molar-refractivity contribution >= 4 is 31.7 Å². The number of carboxylic acid groups (broad SMARTS) is 1. The average molecular weight is 416 g/mol. The van der Waals surface area contributed by atoms with Crippen LogP contribution in [0.25, 0.3) is 0 Å². The van der Waals surface area contributed by atoms with Crippen LogP contribution in [0.5, 0.6) is 0 Å². The van der Waals surface area contributed by atoms with Crippen LogP contribution in [0.15, 0.2) is 16.8 Å². The summed E-state index contributed by atoms with van der Waals surface area (Å²) >= 11 is 1.45. The van der Waals surface area contributed by atoms with Gasteiger partial charge in [0.25, 0.3) is 0 Å². The molecule has 0 radical (unpaired) electrons. The van der Waals surface area contributed by atoms with Crippen molar-refractivity contribution in [3.05, 3.63) is 22.4 Å². The molecule has 1 rings (SSSR count). The van der Waals surface area contributed by atoms with E-state index in [-0.39, 0.29) is 23.2 Å². The number of carboxylic acids is 1. The summed E-state index contributed by atoms with van der Waals surface area (Å²) in [6.07, 6.45) is -1.82. The van der Waals surface area contributed by atoms with E-state index in [1.165, 1.54) is 11.3 Å². The van der Waals surface area contributed by atoms with Crippen LogP contribution >= 0.6 is 11.3 Å². The summed E-state index contributed by atoms with van der Waals surface area (Å²) in [5.41, 5.74) is 1.39. The summed E-state index contributed by atoms with van der Waals surface area (Å²) in [5, 5.41) is 16.4. The van der Waals surface area contributed by atoms with Crippen molar-refractivity contribution in [2.45, 2.75) is 77.2 Å². The zero-order chi connectivity index (χ0) is 20.8. The van der Waals surface area contributed by atoms with Crippen LogP contribution in [0.4, 0.5) is 4.79 Å². The van der Waals surface area contributed by atoms with E-state index in [0.717, 1.165) is 0 Å². The number of carbonyl (C=O) groups is 2. The second-order valence-electron chi connectivity index (χ2n) is 7.59. The van der Waals surface area contributed by atoms with E-state index >= 15 is 0 Å². The van der Waals surface area contributed by atoms with Gasteiger partial charge in [-0.05, 0) is 45.9 Å². The Bertz CT molecular complexity index is 581. The Balaban J connectivity index is 3.35. The monoisotopic (exact) mass is 415 g/mol. The Morgan fingerprint density at radius 2 is 1.70 bits per heavy atom. The lowest BCUT2D eigenvalue weighted by Crippen LogP contribution is -2.54. The third-order valence-corrected chi connectivity index (χ3v) is 11.8. The highest BCUT2D eigenvalue weighted by atomic mass is 32.1. The second kappa shape index (κ2) is 10.2. The van der Waals surface area contributed by atoms with Crippen LogP contribution in [0.1, 0.15) is 60.1 Å². The minimum absolute atomic E-state index is 0.212. The van der Waals surface area contributed by atoms with Gasteiger partial charge in [-0.2, -0.15) is 11.3 Å². The summed E-state index contributed by atoms with van der Waals surface area (Å²) in [4.78, 5) is 24.3. The summed E-state index contributed by atoms with van der Waals surface area (Å²) < 4.78 is 11.5. The zero-order valence-corrected chi connectivity index (χ0v) is 19.1. The van der Waals surface area contributed by atoms with Crippen molar-refractivity contribution in [2.24, 2.45) is 0 Å². The molecule has 1 amide bonds. The zero-order valence-electron chi connectivity index (χ0n) is 17.3. The van der Waals surface area contributed by atoms with Gasteiger partial charge in [0.05, 0.1) is 12.6 Å². The first kappa shape index (κ1) is 23.7. The van der Waals surface area contributed by atoms with Crippen molar-refractivity contribution in [3.63, 3.8) is 0 Å². The van der Waals surface area contributed by atoms with Gasteiger partial charge < -0.3 is 19.6 Å². The van der Waals surface area contributed by atoms with Crippen molar-refractivity contribution in [1.82, 2.24) is 5.32 Å². The third-order valence-electron chi connectivity index (χ3n) is 5.04. The Morgan fingerprint density at radius 3 is 2.07 bits per heavy atom. The summed E-state index contributed by atoms with van der Waals surface area (Å²) in [6.45, 7) is 14.5. The van der Waals surface area contributed by atoms with Crippen LogP contribution in [0.2, 0.25) is 16.6 Å². The highest BCUT2D eigenvalue weighted by Gasteiger charge is 2.49. The largest absolute Gasteiger partial charge is 0.479 e. The smallest absolute Gasteiger partial charge is 0.407 e. The molecule has 0 saturated carbocycles. The number of ether oxygens (including phenoxy) is 1. The predicted octanol–water partition coefficient (Wildman–Crippen LogP) is 5.18. The quantitative estimate of drug-likeness (QED) is 0.514. The van der Waals surface area contributed by atoms with Crippen LogP contribution in [-0.2, 0) is 14.0 Å². The molecule has 0 spiro atoms. The van der Waals surface area contributed by atoms with Crippen LogP contribution in [-0.4, -0.2) is 38.2 Å². The molecule has 2 N–H and O–H groups in total. The fourth-order valence-electron chi connectivity index (χ4n) is 3.97. The van der Waals surface area contributed by atoms with Crippen molar-refractivity contribution in [3.8, 4) is 0 Å². The molecular formula is C19H33NO5SSi. The molecule has 154 valence electrons. The van der Waals surface area contributed by atoms with Gasteiger partial charge in [-0.15, -0.1) is 0 Å². The number of rotatable bonds is 10. The van der Waals surface area contributed by atoms with Gasteiger partial charge in [0.2, 0.25) is 8.32 Å². The highest BCUT2D eigenvalue weighted by Crippen LogP contribution is 2.44. The van der Waals surface area contributed by atoms with E-state index in [0.29, 0.717) is 5.56 Å². The van der Waals surface area contributed by atoms with Gasteiger partial charge in [0.1, 0.15) is 0 Å². The van der Waals surface area contributed by atoms with Crippen molar-refractivity contribution < 1.29 is 23.9 Å². The number of alkyl carbamates (subject to hydrolysis) is 1. The molecule has 27 heavy (non-hydrogen) atoms. The first-order valence-corrected chi connectivity index (χ1v) is 12.5. The Labute approximate surface area is 167 Å². The minimum atomic E-state index is -2.47. The Kier molecular flexibility index (Phi) is 8.97. The molecule has 0 saturated heterocycles. The Hall–Kier alpha value is -1.38. The number of hydrogen-bond acceptors (Lipinski definition) is 5. The topological polar surface area (TPSA) is 84.9 Å². The molecular weight excluding hydrogens is 382 g/mol. The summed E-state index contributed by atoms with van der Waals surface area (Å²) in [7, 11) is -2.47. The van der Waals surface area contributed by atoms with E-state index in [1.807, 2.05) is 16.8 Å². The molecule has 0 fully saturated rings. The van der Waals surface area contributed by atoms with Crippen LogP contribution < -0.4 is 5.32 Å². The van der Waals surface area contributed by atoms with Crippen molar-refractivity contribution in [2.75, 3.05) is 6.61 Å². The number of amides is 1. The molecule has 2 atom stereocenters. The number of nitrogens with one attached hydrogen (secondary N) is 1. The molecule has 0 aromatic carbocycles. The molecule has 0 aliphatic heterocycles. The highest BCUT2D eigenvalue weighted by molar-refractivity contribution is 7.08. The molecule has 1 aromatic heterocycles. The molecule has 0 unspecified atom stereocenters. The normalized spacial score (nSPS) is 14.4. The van der Waals surface area contributed by atoms with Crippen LogP contribution in [0.3, 0.4) is 0 Å². The molecule has 8 heteroatoms. The van der Waals surface area contributed by atoms with Gasteiger partial charge >= 0.3 is 12.1 Å². The fraction of sp³-hybridized carbons (Fsp3) is 0.684. The minimum Gasteiger partial charge on any atom is -0.479 e. The van der Waals surface area contributed by atoms with Gasteiger partial charge in [0, 0.05) is 0 Å². The van der Waals surface area contributed by atoms with Crippen LogP contribution in [0, 0.1) is 0 Å². The lowest BCUT2D eigenvalue weighted by molar-refractivity contribution is -0.147. The number of hydrogen-bond donors (Lipinski definition) is 2. The number of carbonyl (C=O) groups excluding carboxylic acids is 1. The lowest BCUT2D eigenvalue weighted by atomic mass is 10.1. The molecule has 1 aromatic rings. The fourth-order valence-corrected chi connectivity index (χ4v) is 10.2. The van der Waals surface area contributed by atoms with E-state index in [9.17, 15) is 14.7 Å². The van der Waals surface area contributed by atoms with E-state index in [2.05, 4.69) is 46.9 Å². The standard InChI is InChI=1S/C19H33NO5SSi/c1-8-24-19(23)20-16(15-9-10-26-11-15)17(18(21)22)25-27(12(2)3,13(4)5)14(6)7/h9-14,16-17H,8H2,1-7H3,(H,20,23)(H,21,22)/t16-,17-/m1/s1. The summed E-state index contributed by atoms with van der Waals surface area (Å²) in [6, 6.07) is 1.00. The molecule has 0 bridgehead atoms. The van der Waals surface area contributed by atoms with Crippen molar-refractivity contribution in [1.29, 1.82) is 0 Å². The maximum Gasteiger partial charge on any atom is 0.407 e. The maximum atomic E-state index is 12.2. The molecule has 1 heterocycles. The molecule has 6 nitrogen and oxygen atoms in total. The number of thiophene rings is 1. The first-order chi connectivity index (χ1) is 12.6. The van der Waals surface area contributed by atoms with Gasteiger partial charge in [-0.1, -0.05) is 41.5 Å². The number of aliphatic carboxylic acids is 1. The lowest BCUT2D eigenvalue weighted by Gasteiger charge is -2.45. The van der Waals surface area contributed by atoms with Gasteiger partial charge in [-0.3, -0.25) is 0 Å². The van der Waals surface area contributed by atoms with E-state index < -0.39 is 32.5 Å². The Morgan fingerprint density at radius 1 is 1.15 bits per heavy atom. The second-order valence-corrected chi connectivity index (χ2v) is 13.8. The first-order valence-electron chi connectivity index (χ1n) is 9.43. The van der Waals surface area contributed by atoms with Gasteiger partial charge in [-0.25, -0.2) is 9.59 Å². The predicted molar refractivity (Wildman–Crippen MR) is 111 cm³/mol. The average Bonchev–Trinajstić information content (AvgIpc) is 3.07. The molecule has 0 aliphatic rings. The summed E-state index contributed by atoms with van der Waals surface area (Å²) in [5.74, 6) is -1.08. The maximum absolute atomic E-state index is 12.2. The third kappa shape index (κ3) is 5.55. The molecule has 0 aliphatic carbocycles. The van der Waals surface area contributed by atoms with E-state index in [1.54, 1.807) is 6.92 Å². The van der Waals surface area contributed by atoms with E-state index in [4.69, 9.17) is 9.16 Å². The van der Waals surface area contributed by atoms with Gasteiger partial charge in [0.15, 0.2) is 6.10 Å². The SMILES string of the molecule is CCOC(=O)N[C@H](c1ccsc1)[C@@H](O[Si](C(C)C)(C(C)C)C(C)C)C(=O)O.